The molecule has 1 N–H and O–H groups in total. The lowest BCUT2D eigenvalue weighted by atomic mass is 10.2. The predicted octanol–water partition coefficient (Wildman–Crippen LogP) is 3.10. The topological polar surface area (TPSA) is 96.1 Å². The van der Waals surface area contributed by atoms with Crippen molar-refractivity contribution in [3.8, 4) is 0 Å². The Morgan fingerprint density at radius 3 is 2.83 bits per heavy atom. The zero-order valence-corrected chi connectivity index (χ0v) is 15.9. The van der Waals surface area contributed by atoms with Gasteiger partial charge in [-0.25, -0.2) is 9.37 Å². The molecule has 1 aromatic carbocycles. The van der Waals surface area contributed by atoms with Gasteiger partial charge in [-0.05, 0) is 25.1 Å². The van der Waals surface area contributed by atoms with Crippen molar-refractivity contribution in [1.29, 1.82) is 0 Å². The molecule has 1 atom stereocenters. The van der Waals surface area contributed by atoms with Crippen molar-refractivity contribution in [2.75, 3.05) is 48.0 Å². The van der Waals surface area contributed by atoms with Crippen LogP contribution < -0.4 is 15.1 Å². The molecule has 2 aliphatic rings. The Morgan fingerprint density at radius 2 is 2.10 bits per heavy atom. The number of nitrogens with zero attached hydrogens (tertiary/aromatic N) is 5. The van der Waals surface area contributed by atoms with E-state index in [0.29, 0.717) is 43.4 Å². The van der Waals surface area contributed by atoms with Gasteiger partial charge in [0.05, 0.1) is 36.1 Å². The maximum absolute atomic E-state index is 14.4. The molecule has 0 bridgehead atoms. The Balaban J connectivity index is 1.70. The van der Waals surface area contributed by atoms with Crippen LogP contribution >= 0.6 is 0 Å². The van der Waals surface area contributed by atoms with Crippen LogP contribution in [0.4, 0.5) is 33.1 Å². The SMILES string of the molecule is CC1=NCCN1c1ccc([N+](=O)[O-])c(Nc2ccccc2N2CCOCC2F)n1. The zero-order chi connectivity index (χ0) is 20.4. The largest absolute Gasteiger partial charge is 0.375 e. The van der Waals surface area contributed by atoms with Crippen molar-refractivity contribution in [2.45, 2.75) is 13.2 Å². The maximum atomic E-state index is 14.4. The van der Waals surface area contributed by atoms with Gasteiger partial charge in [-0.1, -0.05) is 12.1 Å². The second kappa shape index (κ2) is 8.00. The van der Waals surface area contributed by atoms with Crippen molar-refractivity contribution in [1.82, 2.24) is 4.98 Å². The fourth-order valence-electron chi connectivity index (χ4n) is 3.47. The third-order valence-electron chi connectivity index (χ3n) is 4.92. The second-order valence-corrected chi connectivity index (χ2v) is 6.72. The van der Waals surface area contributed by atoms with E-state index >= 15 is 0 Å². The van der Waals surface area contributed by atoms with Gasteiger partial charge in [0.15, 0.2) is 6.30 Å². The van der Waals surface area contributed by atoms with Gasteiger partial charge >= 0.3 is 5.69 Å². The Labute approximate surface area is 167 Å². The number of halogens is 1. The monoisotopic (exact) mass is 400 g/mol. The third-order valence-corrected chi connectivity index (χ3v) is 4.92. The number of aliphatic imine (C=N–C) groups is 1. The Bertz CT molecular complexity index is 953. The number of hydrogen-bond donors (Lipinski definition) is 1. The lowest BCUT2D eigenvalue weighted by Crippen LogP contribution is -2.43. The van der Waals surface area contributed by atoms with E-state index in [0.717, 1.165) is 5.84 Å². The summed E-state index contributed by atoms with van der Waals surface area (Å²) in [6, 6.07) is 10.1. The average Bonchev–Trinajstić information content (AvgIpc) is 3.15. The number of anilines is 4. The minimum atomic E-state index is -1.29. The van der Waals surface area contributed by atoms with E-state index in [1.807, 2.05) is 11.8 Å². The Hall–Kier alpha value is -3.27. The number of amidine groups is 1. The van der Waals surface area contributed by atoms with E-state index in [9.17, 15) is 14.5 Å². The van der Waals surface area contributed by atoms with Gasteiger partial charge in [0.2, 0.25) is 5.82 Å². The van der Waals surface area contributed by atoms with E-state index in [1.165, 1.54) is 6.07 Å². The number of alkyl halides is 1. The number of para-hydroxylation sites is 2. The quantitative estimate of drug-likeness (QED) is 0.468. The molecule has 1 aromatic heterocycles. The summed E-state index contributed by atoms with van der Waals surface area (Å²) >= 11 is 0. The number of ether oxygens (including phenoxy) is 1. The predicted molar refractivity (Wildman–Crippen MR) is 109 cm³/mol. The second-order valence-electron chi connectivity index (χ2n) is 6.72. The number of rotatable bonds is 5. The first-order chi connectivity index (χ1) is 14.0. The first-order valence-corrected chi connectivity index (χ1v) is 9.33. The highest BCUT2D eigenvalue weighted by molar-refractivity contribution is 5.97. The molecular formula is C19H21FN6O3. The fraction of sp³-hybridized carbons (Fsp3) is 0.368. The molecule has 2 aliphatic heterocycles. The summed E-state index contributed by atoms with van der Waals surface area (Å²) in [5, 5.41) is 14.6. The number of benzene rings is 1. The summed E-state index contributed by atoms with van der Waals surface area (Å²) < 4.78 is 19.6. The van der Waals surface area contributed by atoms with Crippen LogP contribution in [0.2, 0.25) is 0 Å². The molecule has 0 saturated carbocycles. The average molecular weight is 400 g/mol. The molecule has 9 nitrogen and oxygen atoms in total. The zero-order valence-electron chi connectivity index (χ0n) is 15.9. The third kappa shape index (κ3) is 3.83. The molecular weight excluding hydrogens is 379 g/mol. The number of morpholine rings is 1. The van der Waals surface area contributed by atoms with Crippen molar-refractivity contribution in [3.05, 3.63) is 46.5 Å². The van der Waals surface area contributed by atoms with Crippen molar-refractivity contribution in [3.63, 3.8) is 0 Å². The normalized spacial score (nSPS) is 19.2. The lowest BCUT2D eigenvalue weighted by molar-refractivity contribution is -0.384. The van der Waals surface area contributed by atoms with Crippen molar-refractivity contribution >= 4 is 34.5 Å². The smallest absolute Gasteiger partial charge is 0.311 e. The summed E-state index contributed by atoms with van der Waals surface area (Å²) in [5.41, 5.74) is 0.983. The molecule has 1 fully saturated rings. The van der Waals surface area contributed by atoms with Crippen LogP contribution in [0.1, 0.15) is 6.92 Å². The van der Waals surface area contributed by atoms with E-state index < -0.39 is 11.2 Å². The van der Waals surface area contributed by atoms with Crippen molar-refractivity contribution in [2.24, 2.45) is 4.99 Å². The number of nitro groups is 1. The van der Waals surface area contributed by atoms with E-state index in [-0.39, 0.29) is 18.1 Å². The van der Waals surface area contributed by atoms with Gasteiger partial charge in [0, 0.05) is 19.2 Å². The lowest BCUT2D eigenvalue weighted by Gasteiger charge is -2.33. The number of hydrogen-bond acceptors (Lipinski definition) is 8. The van der Waals surface area contributed by atoms with Crippen molar-refractivity contribution < 1.29 is 14.1 Å². The molecule has 0 aliphatic carbocycles. The van der Waals surface area contributed by atoms with Gasteiger partial charge < -0.3 is 19.9 Å². The Morgan fingerprint density at radius 1 is 1.28 bits per heavy atom. The summed E-state index contributed by atoms with van der Waals surface area (Å²) in [5.74, 6) is 1.48. The fourth-order valence-corrected chi connectivity index (χ4v) is 3.47. The summed E-state index contributed by atoms with van der Waals surface area (Å²) in [4.78, 5) is 23.4. The van der Waals surface area contributed by atoms with E-state index in [1.54, 1.807) is 35.2 Å². The maximum Gasteiger partial charge on any atom is 0.311 e. The molecule has 0 amide bonds. The van der Waals surface area contributed by atoms with Crippen LogP contribution in [0.25, 0.3) is 0 Å². The summed E-state index contributed by atoms with van der Waals surface area (Å²) in [6.45, 7) is 3.98. The van der Waals surface area contributed by atoms with Gasteiger partial charge in [-0.3, -0.25) is 15.1 Å². The molecule has 3 heterocycles. The highest BCUT2D eigenvalue weighted by atomic mass is 19.1. The molecule has 29 heavy (non-hydrogen) atoms. The molecule has 1 saturated heterocycles. The van der Waals surface area contributed by atoms with E-state index in [4.69, 9.17) is 4.74 Å². The standard InChI is InChI=1S/C19H21FN6O3/c1-13-21-8-9-24(13)18-7-6-16(26(27)28)19(23-18)22-14-4-2-3-5-15(14)25-10-11-29-12-17(25)20/h2-7,17H,8-12H2,1H3,(H,22,23). The summed E-state index contributed by atoms with van der Waals surface area (Å²) in [7, 11) is 0. The van der Waals surface area contributed by atoms with Crippen LogP contribution in [-0.4, -0.2) is 54.9 Å². The molecule has 10 heteroatoms. The van der Waals surface area contributed by atoms with Gasteiger partial charge in [0.25, 0.3) is 0 Å². The molecule has 4 rings (SSSR count). The Kier molecular flexibility index (Phi) is 5.26. The number of nitrogens with one attached hydrogen (secondary N) is 1. The molecule has 2 aromatic rings. The molecule has 152 valence electrons. The van der Waals surface area contributed by atoms with E-state index in [2.05, 4.69) is 15.3 Å². The van der Waals surface area contributed by atoms with Crippen LogP contribution in [0.3, 0.4) is 0 Å². The van der Waals surface area contributed by atoms with Gasteiger partial charge in [0.1, 0.15) is 11.7 Å². The molecule has 0 spiro atoms. The first kappa shape index (κ1) is 19.1. The first-order valence-electron chi connectivity index (χ1n) is 9.33. The van der Waals surface area contributed by atoms with Crippen LogP contribution in [-0.2, 0) is 4.74 Å². The van der Waals surface area contributed by atoms with Crippen LogP contribution in [0, 0.1) is 10.1 Å². The highest BCUT2D eigenvalue weighted by Gasteiger charge is 2.26. The molecule has 0 radical (unpaired) electrons. The minimum Gasteiger partial charge on any atom is -0.375 e. The number of aromatic nitrogens is 1. The van der Waals surface area contributed by atoms with Gasteiger partial charge in [-0.2, -0.15) is 0 Å². The van der Waals surface area contributed by atoms with Crippen LogP contribution in [0.5, 0.6) is 0 Å². The molecule has 1 unspecified atom stereocenters. The number of pyridine rings is 1. The van der Waals surface area contributed by atoms with Crippen LogP contribution in [0.15, 0.2) is 41.4 Å². The van der Waals surface area contributed by atoms with Gasteiger partial charge in [-0.15, -0.1) is 0 Å². The minimum absolute atomic E-state index is 0.0181. The highest BCUT2D eigenvalue weighted by Crippen LogP contribution is 2.34. The summed E-state index contributed by atoms with van der Waals surface area (Å²) in [6.07, 6.45) is -1.29.